The average Bonchev–Trinajstić information content (AvgIpc) is 2.54. The van der Waals surface area contributed by atoms with Crippen LogP contribution in [0.1, 0.15) is 30.0 Å². The fourth-order valence-electron chi connectivity index (χ4n) is 2.20. The van der Waals surface area contributed by atoms with Gasteiger partial charge in [-0.25, -0.2) is 9.18 Å². The molecule has 126 valence electrons. The number of nitrogens with one attached hydrogen (secondary N) is 1. The Labute approximate surface area is 142 Å². The van der Waals surface area contributed by atoms with E-state index in [0.717, 1.165) is 6.07 Å². The lowest BCUT2D eigenvalue weighted by atomic mass is 10.00. The molecular formula is C17H15ClFNO4. The third kappa shape index (κ3) is 3.83. The van der Waals surface area contributed by atoms with Gasteiger partial charge in [-0.1, -0.05) is 35.9 Å². The highest BCUT2D eigenvalue weighted by molar-refractivity contribution is 6.31. The maximum atomic E-state index is 14.0. The van der Waals surface area contributed by atoms with Gasteiger partial charge < -0.3 is 15.5 Å². The molecule has 0 saturated carbocycles. The molecule has 0 spiro atoms. The zero-order chi connectivity index (χ0) is 17.9. The van der Waals surface area contributed by atoms with Gasteiger partial charge in [0.05, 0.1) is 11.6 Å². The molecule has 0 saturated heterocycles. The molecule has 0 fully saturated rings. The summed E-state index contributed by atoms with van der Waals surface area (Å²) in [4.78, 5) is 22.6. The second kappa shape index (κ2) is 7.31. The Balaban J connectivity index is 2.40. The van der Waals surface area contributed by atoms with Crippen LogP contribution in [0.15, 0.2) is 42.5 Å². The van der Waals surface area contributed by atoms with Gasteiger partial charge in [-0.2, -0.15) is 0 Å². The van der Waals surface area contributed by atoms with Crippen molar-refractivity contribution in [2.24, 2.45) is 0 Å². The Bertz CT molecular complexity index is 781. The highest BCUT2D eigenvalue weighted by atomic mass is 35.5. The zero-order valence-corrected chi connectivity index (χ0v) is 13.4. The van der Waals surface area contributed by atoms with Crippen LogP contribution in [-0.2, 0) is 9.59 Å². The van der Waals surface area contributed by atoms with E-state index in [1.54, 1.807) is 12.1 Å². The molecule has 0 aliphatic carbocycles. The van der Waals surface area contributed by atoms with Crippen LogP contribution in [0.4, 0.5) is 10.1 Å². The van der Waals surface area contributed by atoms with Gasteiger partial charge in [-0.05, 0) is 30.7 Å². The summed E-state index contributed by atoms with van der Waals surface area (Å²) in [6.45, 7) is 1.46. The lowest BCUT2D eigenvalue weighted by Crippen LogP contribution is -2.21. The second-order valence-electron chi connectivity index (χ2n) is 5.24. The van der Waals surface area contributed by atoms with Crippen molar-refractivity contribution in [2.45, 2.75) is 18.9 Å². The average molecular weight is 352 g/mol. The third-order valence-corrected chi connectivity index (χ3v) is 3.97. The highest BCUT2D eigenvalue weighted by Gasteiger charge is 2.24. The molecule has 3 N–H and O–H groups in total. The standard InChI is InChI=1S/C17H15ClFNO4/c1-9(16(21)22)10-6-7-13(19)14(8-10)20-15(17(23)24)11-4-2-3-5-12(11)18/h2-9,15,20H,1H3,(H,21,22)(H,23,24). The van der Waals surface area contributed by atoms with Crippen molar-refractivity contribution in [3.05, 3.63) is 64.4 Å². The second-order valence-corrected chi connectivity index (χ2v) is 5.64. The Morgan fingerprint density at radius 2 is 1.79 bits per heavy atom. The lowest BCUT2D eigenvalue weighted by molar-refractivity contribution is -0.139. The Hall–Kier alpha value is -2.60. The Kier molecular flexibility index (Phi) is 5.41. The van der Waals surface area contributed by atoms with Crippen molar-refractivity contribution in [2.75, 3.05) is 5.32 Å². The van der Waals surface area contributed by atoms with Crippen molar-refractivity contribution in [3.8, 4) is 0 Å². The molecular weight excluding hydrogens is 337 g/mol. The van der Waals surface area contributed by atoms with Crippen LogP contribution in [0.5, 0.6) is 0 Å². The van der Waals surface area contributed by atoms with Gasteiger partial charge in [0.1, 0.15) is 5.82 Å². The fraction of sp³-hybridized carbons (Fsp3) is 0.176. The number of halogens is 2. The molecule has 0 bridgehead atoms. The van der Waals surface area contributed by atoms with Crippen molar-refractivity contribution in [1.82, 2.24) is 0 Å². The van der Waals surface area contributed by atoms with E-state index < -0.39 is 29.7 Å². The van der Waals surface area contributed by atoms with Gasteiger partial charge in [0.2, 0.25) is 0 Å². The summed E-state index contributed by atoms with van der Waals surface area (Å²) in [5.74, 6) is -3.84. The minimum absolute atomic E-state index is 0.104. The number of rotatable bonds is 6. The lowest BCUT2D eigenvalue weighted by Gasteiger charge is -2.19. The van der Waals surface area contributed by atoms with Gasteiger partial charge in [-0.3, -0.25) is 4.79 Å². The van der Waals surface area contributed by atoms with Gasteiger partial charge in [0, 0.05) is 10.6 Å². The summed E-state index contributed by atoms with van der Waals surface area (Å²) in [5, 5.41) is 21.3. The minimum atomic E-state index is -1.27. The number of carboxylic acids is 2. The van der Waals surface area contributed by atoms with Crippen LogP contribution in [-0.4, -0.2) is 22.2 Å². The summed E-state index contributed by atoms with van der Waals surface area (Å²) in [6, 6.07) is 8.81. The van der Waals surface area contributed by atoms with E-state index in [2.05, 4.69) is 5.32 Å². The molecule has 2 rings (SSSR count). The third-order valence-electron chi connectivity index (χ3n) is 3.62. The number of anilines is 1. The molecule has 0 heterocycles. The summed E-state index contributed by atoms with van der Waals surface area (Å²) >= 11 is 6.02. The number of hydrogen-bond acceptors (Lipinski definition) is 3. The molecule has 24 heavy (non-hydrogen) atoms. The normalized spacial score (nSPS) is 13.1. The molecule has 5 nitrogen and oxygen atoms in total. The summed E-state index contributed by atoms with van der Waals surface area (Å²) in [7, 11) is 0. The van der Waals surface area contributed by atoms with Gasteiger partial charge in [0.25, 0.3) is 0 Å². The van der Waals surface area contributed by atoms with Gasteiger partial charge in [0.15, 0.2) is 6.04 Å². The first-order valence-electron chi connectivity index (χ1n) is 7.07. The van der Waals surface area contributed by atoms with Crippen molar-refractivity contribution < 1.29 is 24.2 Å². The van der Waals surface area contributed by atoms with E-state index in [4.69, 9.17) is 16.7 Å². The maximum Gasteiger partial charge on any atom is 0.330 e. The highest BCUT2D eigenvalue weighted by Crippen LogP contribution is 2.29. The molecule has 0 aromatic heterocycles. The van der Waals surface area contributed by atoms with E-state index in [1.165, 1.54) is 31.2 Å². The van der Waals surface area contributed by atoms with Crippen LogP contribution < -0.4 is 5.32 Å². The van der Waals surface area contributed by atoms with E-state index in [9.17, 15) is 19.1 Å². The first-order chi connectivity index (χ1) is 11.3. The fourth-order valence-corrected chi connectivity index (χ4v) is 2.45. The summed E-state index contributed by atoms with van der Waals surface area (Å²) in [6.07, 6.45) is 0. The number of hydrogen-bond donors (Lipinski definition) is 3. The summed E-state index contributed by atoms with van der Waals surface area (Å²) in [5.41, 5.74) is 0.533. The maximum absolute atomic E-state index is 14.0. The van der Waals surface area contributed by atoms with Crippen LogP contribution in [0, 0.1) is 5.82 Å². The Morgan fingerprint density at radius 3 is 2.38 bits per heavy atom. The molecule has 2 aromatic rings. The minimum Gasteiger partial charge on any atom is -0.481 e. The van der Waals surface area contributed by atoms with Crippen LogP contribution in [0.3, 0.4) is 0 Å². The molecule has 2 atom stereocenters. The summed E-state index contributed by atoms with van der Waals surface area (Å²) < 4.78 is 14.0. The van der Waals surface area contributed by atoms with E-state index >= 15 is 0 Å². The van der Waals surface area contributed by atoms with E-state index in [-0.39, 0.29) is 16.3 Å². The number of carboxylic acid groups (broad SMARTS) is 2. The first kappa shape index (κ1) is 17.7. The Morgan fingerprint density at radius 1 is 1.12 bits per heavy atom. The SMILES string of the molecule is CC(C(=O)O)c1ccc(F)c(NC(C(=O)O)c2ccccc2Cl)c1. The van der Waals surface area contributed by atoms with Gasteiger partial charge in [-0.15, -0.1) is 0 Å². The number of benzene rings is 2. The monoisotopic (exact) mass is 351 g/mol. The van der Waals surface area contributed by atoms with Crippen LogP contribution in [0.25, 0.3) is 0 Å². The zero-order valence-electron chi connectivity index (χ0n) is 12.7. The molecule has 7 heteroatoms. The molecule has 2 unspecified atom stereocenters. The largest absolute Gasteiger partial charge is 0.481 e. The predicted molar refractivity (Wildman–Crippen MR) is 87.9 cm³/mol. The van der Waals surface area contributed by atoms with E-state index in [1.807, 2.05) is 0 Å². The van der Waals surface area contributed by atoms with Crippen molar-refractivity contribution in [3.63, 3.8) is 0 Å². The molecule has 2 aromatic carbocycles. The molecule has 0 amide bonds. The van der Waals surface area contributed by atoms with Crippen molar-refractivity contribution in [1.29, 1.82) is 0 Å². The molecule has 0 aliphatic heterocycles. The number of carbonyl (C=O) groups is 2. The molecule has 0 radical (unpaired) electrons. The molecule has 0 aliphatic rings. The smallest absolute Gasteiger partial charge is 0.330 e. The quantitative estimate of drug-likeness (QED) is 0.734. The van der Waals surface area contributed by atoms with Crippen molar-refractivity contribution >= 4 is 29.2 Å². The van der Waals surface area contributed by atoms with Crippen LogP contribution in [0.2, 0.25) is 5.02 Å². The topological polar surface area (TPSA) is 86.6 Å². The van der Waals surface area contributed by atoms with Gasteiger partial charge >= 0.3 is 11.9 Å². The van der Waals surface area contributed by atoms with E-state index in [0.29, 0.717) is 5.56 Å². The predicted octanol–water partition coefficient (Wildman–Crippen LogP) is 3.91. The number of aliphatic carboxylic acids is 2. The first-order valence-corrected chi connectivity index (χ1v) is 7.45. The van der Waals surface area contributed by atoms with Crippen LogP contribution >= 0.6 is 11.6 Å².